The van der Waals surface area contributed by atoms with Crippen LogP contribution in [-0.2, 0) is 0 Å². The maximum Gasteiger partial charge on any atom is 0.261 e. The van der Waals surface area contributed by atoms with E-state index in [1.54, 1.807) is 31.4 Å². The number of halogens is 2. The molecule has 22 heavy (non-hydrogen) atoms. The smallest absolute Gasteiger partial charge is 0.261 e. The molecular formula is C15H14Cl2N4O. The number of nitrogens with one attached hydrogen (secondary N) is 1. The highest BCUT2D eigenvalue weighted by Gasteiger charge is 2.25. The van der Waals surface area contributed by atoms with Crippen molar-refractivity contribution in [2.75, 3.05) is 17.3 Å². The van der Waals surface area contributed by atoms with Crippen molar-refractivity contribution < 1.29 is 4.79 Å². The average molecular weight is 337 g/mol. The standard InChI is InChI=1S/C15H14Cl2N4O/c1-21(12-7-9(16)8-19-13(12)17)15(22)11-3-2-6-18-14(11)20-10-4-5-10/h2-3,6-8,10H,4-5H2,1H3,(H,18,20). The third-order valence-electron chi connectivity index (χ3n) is 3.41. The Morgan fingerprint density at radius 3 is 2.86 bits per heavy atom. The van der Waals surface area contributed by atoms with Crippen molar-refractivity contribution in [2.24, 2.45) is 0 Å². The highest BCUT2D eigenvalue weighted by atomic mass is 35.5. The van der Waals surface area contributed by atoms with Gasteiger partial charge in [-0.25, -0.2) is 9.97 Å². The number of rotatable bonds is 4. The predicted molar refractivity (Wildman–Crippen MR) is 87.9 cm³/mol. The maximum absolute atomic E-state index is 12.7. The number of nitrogens with zero attached hydrogens (tertiary/aromatic N) is 3. The van der Waals surface area contributed by atoms with E-state index in [4.69, 9.17) is 23.2 Å². The Morgan fingerprint density at radius 2 is 2.14 bits per heavy atom. The number of pyridine rings is 2. The Kier molecular flexibility index (Phi) is 4.18. The van der Waals surface area contributed by atoms with Crippen LogP contribution in [0.4, 0.5) is 11.5 Å². The fraction of sp³-hybridized carbons (Fsp3) is 0.267. The summed E-state index contributed by atoms with van der Waals surface area (Å²) in [4.78, 5) is 22.4. The van der Waals surface area contributed by atoms with E-state index in [-0.39, 0.29) is 11.1 Å². The lowest BCUT2D eigenvalue weighted by molar-refractivity contribution is 0.0993. The third kappa shape index (κ3) is 3.15. The zero-order valence-corrected chi connectivity index (χ0v) is 13.4. The number of carbonyl (C=O) groups is 1. The molecule has 2 aromatic heterocycles. The van der Waals surface area contributed by atoms with Gasteiger partial charge in [0.2, 0.25) is 0 Å². The Morgan fingerprint density at radius 1 is 1.36 bits per heavy atom. The molecule has 114 valence electrons. The van der Waals surface area contributed by atoms with Gasteiger partial charge in [-0.1, -0.05) is 23.2 Å². The van der Waals surface area contributed by atoms with E-state index in [9.17, 15) is 4.79 Å². The van der Waals surface area contributed by atoms with Gasteiger partial charge in [0.1, 0.15) is 5.82 Å². The van der Waals surface area contributed by atoms with Gasteiger partial charge in [-0.05, 0) is 31.0 Å². The zero-order chi connectivity index (χ0) is 15.7. The third-order valence-corrected chi connectivity index (χ3v) is 3.91. The molecule has 0 radical (unpaired) electrons. The monoisotopic (exact) mass is 336 g/mol. The van der Waals surface area contributed by atoms with Crippen molar-refractivity contribution in [3.8, 4) is 0 Å². The molecule has 1 aliphatic carbocycles. The Balaban J connectivity index is 1.91. The maximum atomic E-state index is 12.7. The molecule has 0 saturated heterocycles. The van der Waals surface area contributed by atoms with Crippen molar-refractivity contribution >= 4 is 40.6 Å². The van der Waals surface area contributed by atoms with Crippen LogP contribution in [0.5, 0.6) is 0 Å². The number of aromatic nitrogens is 2. The lowest BCUT2D eigenvalue weighted by Crippen LogP contribution is -2.28. The van der Waals surface area contributed by atoms with Gasteiger partial charge in [0, 0.05) is 25.5 Å². The van der Waals surface area contributed by atoms with Gasteiger partial charge in [-0.2, -0.15) is 0 Å². The van der Waals surface area contributed by atoms with Crippen LogP contribution < -0.4 is 10.2 Å². The van der Waals surface area contributed by atoms with Gasteiger partial charge >= 0.3 is 0 Å². The van der Waals surface area contributed by atoms with Crippen LogP contribution >= 0.6 is 23.2 Å². The molecule has 7 heteroatoms. The van der Waals surface area contributed by atoms with Gasteiger partial charge in [0.15, 0.2) is 5.15 Å². The number of anilines is 2. The summed E-state index contributed by atoms with van der Waals surface area (Å²) in [6, 6.07) is 5.49. The molecular weight excluding hydrogens is 323 g/mol. The first-order valence-corrected chi connectivity index (χ1v) is 7.62. The molecule has 3 rings (SSSR count). The fourth-order valence-electron chi connectivity index (χ4n) is 2.05. The first-order valence-electron chi connectivity index (χ1n) is 6.87. The molecule has 1 N–H and O–H groups in total. The fourth-order valence-corrected chi connectivity index (χ4v) is 2.43. The summed E-state index contributed by atoms with van der Waals surface area (Å²) in [6.07, 6.45) is 5.30. The Labute approximate surface area is 138 Å². The van der Waals surface area contributed by atoms with Gasteiger partial charge < -0.3 is 10.2 Å². The summed E-state index contributed by atoms with van der Waals surface area (Å²) in [7, 11) is 1.63. The molecule has 1 amide bonds. The number of amides is 1. The first-order chi connectivity index (χ1) is 10.6. The summed E-state index contributed by atoms with van der Waals surface area (Å²) >= 11 is 12.0. The normalized spacial score (nSPS) is 13.8. The minimum Gasteiger partial charge on any atom is -0.367 e. The van der Waals surface area contributed by atoms with E-state index in [0.29, 0.717) is 28.1 Å². The van der Waals surface area contributed by atoms with Crippen molar-refractivity contribution in [1.29, 1.82) is 0 Å². The predicted octanol–water partition coefficient (Wildman–Crippen LogP) is 3.63. The van der Waals surface area contributed by atoms with Crippen LogP contribution in [0.25, 0.3) is 0 Å². The van der Waals surface area contributed by atoms with Gasteiger partial charge in [0.05, 0.1) is 16.3 Å². The van der Waals surface area contributed by atoms with Crippen molar-refractivity contribution in [3.05, 3.63) is 46.3 Å². The first kappa shape index (κ1) is 15.1. The molecule has 5 nitrogen and oxygen atoms in total. The van der Waals surface area contributed by atoms with Crippen LogP contribution in [0.3, 0.4) is 0 Å². The zero-order valence-electron chi connectivity index (χ0n) is 11.9. The summed E-state index contributed by atoms with van der Waals surface area (Å²) < 4.78 is 0. The van der Waals surface area contributed by atoms with Crippen molar-refractivity contribution in [3.63, 3.8) is 0 Å². The summed E-state index contributed by atoms with van der Waals surface area (Å²) in [5, 5.41) is 3.91. The minimum absolute atomic E-state index is 0.220. The number of hydrogen-bond donors (Lipinski definition) is 1. The van der Waals surface area contributed by atoms with Gasteiger partial charge in [-0.3, -0.25) is 4.79 Å². The van der Waals surface area contributed by atoms with Crippen molar-refractivity contribution in [1.82, 2.24) is 9.97 Å². The van der Waals surface area contributed by atoms with E-state index < -0.39 is 0 Å². The van der Waals surface area contributed by atoms with Gasteiger partial charge in [0.25, 0.3) is 5.91 Å². The summed E-state index contributed by atoms with van der Waals surface area (Å²) in [6.45, 7) is 0. The SMILES string of the molecule is CN(C(=O)c1cccnc1NC1CC1)c1cc(Cl)cnc1Cl. The highest BCUT2D eigenvalue weighted by Crippen LogP contribution is 2.29. The average Bonchev–Trinajstić information content (AvgIpc) is 3.33. The van der Waals surface area contributed by atoms with E-state index in [0.717, 1.165) is 12.8 Å². The molecule has 2 heterocycles. The second kappa shape index (κ2) is 6.10. The van der Waals surface area contributed by atoms with Crippen LogP contribution in [0, 0.1) is 0 Å². The van der Waals surface area contributed by atoms with Crippen LogP contribution in [0.2, 0.25) is 10.2 Å². The van der Waals surface area contributed by atoms with Gasteiger partial charge in [-0.15, -0.1) is 0 Å². The van der Waals surface area contributed by atoms with Crippen LogP contribution in [-0.4, -0.2) is 29.0 Å². The molecule has 0 bridgehead atoms. The molecule has 1 fully saturated rings. The van der Waals surface area contributed by atoms with Crippen LogP contribution in [0.1, 0.15) is 23.2 Å². The molecule has 2 aromatic rings. The van der Waals surface area contributed by atoms with Crippen LogP contribution in [0.15, 0.2) is 30.6 Å². The lowest BCUT2D eigenvalue weighted by atomic mass is 10.2. The quantitative estimate of drug-likeness (QED) is 0.866. The lowest BCUT2D eigenvalue weighted by Gasteiger charge is -2.20. The molecule has 0 atom stereocenters. The second-order valence-electron chi connectivity index (χ2n) is 5.15. The number of carbonyl (C=O) groups excluding carboxylic acids is 1. The molecule has 0 aliphatic heterocycles. The van der Waals surface area contributed by atoms with E-state index >= 15 is 0 Å². The van der Waals surface area contributed by atoms with Crippen molar-refractivity contribution in [2.45, 2.75) is 18.9 Å². The second-order valence-corrected chi connectivity index (χ2v) is 5.94. The molecule has 0 aromatic carbocycles. The molecule has 1 saturated carbocycles. The largest absolute Gasteiger partial charge is 0.367 e. The van der Waals surface area contributed by atoms with E-state index in [2.05, 4.69) is 15.3 Å². The molecule has 0 unspecified atom stereocenters. The Bertz CT molecular complexity index is 718. The molecule has 0 spiro atoms. The topological polar surface area (TPSA) is 58.1 Å². The van der Waals surface area contributed by atoms with E-state index in [1.807, 2.05) is 0 Å². The van der Waals surface area contributed by atoms with E-state index in [1.165, 1.54) is 11.1 Å². The summed E-state index contributed by atoms with van der Waals surface area (Å²) in [5.41, 5.74) is 0.952. The Hall–Kier alpha value is -1.85. The summed E-state index contributed by atoms with van der Waals surface area (Å²) in [5.74, 6) is 0.371. The number of hydrogen-bond acceptors (Lipinski definition) is 4. The minimum atomic E-state index is -0.220. The molecule has 1 aliphatic rings. The highest BCUT2D eigenvalue weighted by molar-refractivity contribution is 6.34.